The van der Waals surface area contributed by atoms with Crippen LogP contribution in [0.4, 0.5) is 0 Å². The van der Waals surface area contributed by atoms with Gasteiger partial charge in [-0.25, -0.2) is 0 Å². The molecule has 1 heterocycles. The smallest absolute Gasteiger partial charge is 0.317 e. The van der Waals surface area contributed by atoms with E-state index in [1.807, 2.05) is 30.9 Å². The van der Waals surface area contributed by atoms with Gasteiger partial charge in [0.2, 0.25) is 0 Å². The molecular formula is C19H27ClN2O4. The molecule has 1 amide bonds. The Morgan fingerprint density at radius 2 is 2.04 bits per heavy atom. The fourth-order valence-corrected chi connectivity index (χ4v) is 3.49. The number of likely N-dealkylation sites (tertiary alicyclic amines) is 1. The molecule has 1 N–H and O–H groups in total. The van der Waals surface area contributed by atoms with Crippen LogP contribution < -0.4 is 4.74 Å². The maximum Gasteiger partial charge on any atom is 0.317 e. The van der Waals surface area contributed by atoms with E-state index in [0.29, 0.717) is 30.4 Å². The van der Waals surface area contributed by atoms with E-state index in [1.54, 1.807) is 17.9 Å². The number of carbonyl (C=O) groups is 2. The van der Waals surface area contributed by atoms with E-state index in [1.165, 1.54) is 0 Å². The van der Waals surface area contributed by atoms with Gasteiger partial charge >= 0.3 is 5.97 Å². The standard InChI is InChI=1S/C19H27ClN2O4/c1-4-21(12-18(23)24)15-7-9-22(10-8-15)19(25)14(3)26-17-11-13(2)5-6-16(17)20/h5-6,11,14-15H,4,7-10,12H2,1-3H3,(H,23,24)/t14-/m1/s1. The lowest BCUT2D eigenvalue weighted by Crippen LogP contribution is -2.50. The van der Waals surface area contributed by atoms with Gasteiger partial charge in [0.1, 0.15) is 5.75 Å². The van der Waals surface area contributed by atoms with E-state index in [-0.39, 0.29) is 18.5 Å². The average molecular weight is 383 g/mol. The van der Waals surface area contributed by atoms with Crippen LogP contribution in [0.2, 0.25) is 5.02 Å². The summed E-state index contributed by atoms with van der Waals surface area (Å²) in [5, 5.41) is 9.49. The molecule has 1 atom stereocenters. The topological polar surface area (TPSA) is 70.1 Å². The molecule has 144 valence electrons. The third kappa shape index (κ3) is 5.35. The monoisotopic (exact) mass is 382 g/mol. The van der Waals surface area contributed by atoms with Crippen molar-refractivity contribution >= 4 is 23.5 Å². The van der Waals surface area contributed by atoms with Gasteiger partial charge in [-0.15, -0.1) is 0 Å². The van der Waals surface area contributed by atoms with E-state index in [4.69, 9.17) is 21.4 Å². The lowest BCUT2D eigenvalue weighted by atomic mass is 10.0. The summed E-state index contributed by atoms with van der Waals surface area (Å²) in [6.07, 6.45) is 0.919. The molecule has 1 aliphatic heterocycles. The van der Waals surface area contributed by atoms with E-state index >= 15 is 0 Å². The first-order chi connectivity index (χ1) is 12.3. The van der Waals surface area contributed by atoms with Crippen molar-refractivity contribution in [2.24, 2.45) is 0 Å². The highest BCUT2D eigenvalue weighted by molar-refractivity contribution is 6.32. The number of benzene rings is 1. The summed E-state index contributed by atoms with van der Waals surface area (Å²) in [4.78, 5) is 27.4. The minimum atomic E-state index is -0.817. The zero-order valence-corrected chi connectivity index (χ0v) is 16.3. The van der Waals surface area contributed by atoms with Crippen LogP contribution in [-0.2, 0) is 9.59 Å². The summed E-state index contributed by atoms with van der Waals surface area (Å²) < 4.78 is 5.78. The van der Waals surface area contributed by atoms with Crippen molar-refractivity contribution in [3.63, 3.8) is 0 Å². The minimum absolute atomic E-state index is 0.0421. The summed E-state index contributed by atoms with van der Waals surface area (Å²) in [6.45, 7) is 7.58. The summed E-state index contributed by atoms with van der Waals surface area (Å²) in [6, 6.07) is 5.67. The highest BCUT2D eigenvalue weighted by Crippen LogP contribution is 2.27. The number of aliphatic carboxylic acids is 1. The second-order valence-corrected chi connectivity index (χ2v) is 7.11. The number of aryl methyl sites for hydroxylation is 1. The van der Waals surface area contributed by atoms with Crippen LogP contribution in [0.25, 0.3) is 0 Å². The van der Waals surface area contributed by atoms with Gasteiger partial charge in [0.25, 0.3) is 5.91 Å². The van der Waals surface area contributed by atoms with Crippen LogP contribution in [0.1, 0.15) is 32.3 Å². The Kier molecular flexibility index (Phi) is 7.29. The van der Waals surface area contributed by atoms with Crippen molar-refractivity contribution in [3.05, 3.63) is 28.8 Å². The van der Waals surface area contributed by atoms with Crippen molar-refractivity contribution in [2.75, 3.05) is 26.2 Å². The number of halogens is 1. The predicted octanol–water partition coefficient (Wildman–Crippen LogP) is 2.81. The number of likely N-dealkylation sites (N-methyl/N-ethyl adjacent to an activating group) is 1. The second-order valence-electron chi connectivity index (χ2n) is 6.71. The normalized spacial score (nSPS) is 16.6. The molecule has 0 unspecified atom stereocenters. The maximum absolute atomic E-state index is 12.7. The minimum Gasteiger partial charge on any atom is -0.480 e. The number of carboxylic acids is 1. The van der Waals surface area contributed by atoms with Gasteiger partial charge in [0.05, 0.1) is 11.6 Å². The third-order valence-corrected chi connectivity index (χ3v) is 5.09. The van der Waals surface area contributed by atoms with Crippen LogP contribution in [0.15, 0.2) is 18.2 Å². The number of rotatable bonds is 7. The molecule has 0 aromatic heterocycles. The Morgan fingerprint density at radius 3 is 2.62 bits per heavy atom. The molecule has 26 heavy (non-hydrogen) atoms. The fraction of sp³-hybridized carbons (Fsp3) is 0.579. The lowest BCUT2D eigenvalue weighted by molar-refractivity contribution is -0.142. The Balaban J connectivity index is 1.91. The fourth-order valence-electron chi connectivity index (χ4n) is 3.32. The first-order valence-electron chi connectivity index (χ1n) is 8.99. The van der Waals surface area contributed by atoms with Crippen LogP contribution in [0.5, 0.6) is 5.75 Å². The van der Waals surface area contributed by atoms with Crippen molar-refractivity contribution < 1.29 is 19.4 Å². The Hall–Kier alpha value is -1.79. The average Bonchev–Trinajstić information content (AvgIpc) is 2.62. The number of ether oxygens (including phenoxy) is 1. The Bertz CT molecular complexity index is 644. The molecule has 6 nitrogen and oxygen atoms in total. The second kappa shape index (κ2) is 9.24. The molecule has 0 radical (unpaired) electrons. The van der Waals surface area contributed by atoms with Crippen molar-refractivity contribution in [3.8, 4) is 5.75 Å². The molecule has 1 aromatic carbocycles. The number of nitrogens with zero attached hydrogens (tertiary/aromatic N) is 2. The zero-order chi connectivity index (χ0) is 19.3. The summed E-state index contributed by atoms with van der Waals surface area (Å²) in [5.74, 6) is -0.370. The quantitative estimate of drug-likeness (QED) is 0.785. The van der Waals surface area contributed by atoms with E-state index < -0.39 is 12.1 Å². The van der Waals surface area contributed by atoms with Gasteiger partial charge in [-0.05, 0) is 50.9 Å². The van der Waals surface area contributed by atoms with Gasteiger partial charge in [-0.3, -0.25) is 14.5 Å². The SMILES string of the molecule is CCN(CC(=O)O)C1CCN(C(=O)[C@@H](C)Oc2cc(C)ccc2Cl)CC1. The lowest BCUT2D eigenvalue weighted by Gasteiger charge is -2.38. The first-order valence-corrected chi connectivity index (χ1v) is 9.37. The van der Waals surface area contributed by atoms with E-state index in [9.17, 15) is 9.59 Å². The molecule has 1 aromatic rings. The molecule has 0 aliphatic carbocycles. The van der Waals surface area contributed by atoms with Gasteiger partial charge in [-0.1, -0.05) is 24.6 Å². The highest BCUT2D eigenvalue weighted by atomic mass is 35.5. The van der Waals surface area contributed by atoms with Crippen molar-refractivity contribution in [2.45, 2.75) is 45.8 Å². The number of hydrogen-bond acceptors (Lipinski definition) is 4. The van der Waals surface area contributed by atoms with Crippen LogP contribution in [0, 0.1) is 6.92 Å². The molecule has 1 saturated heterocycles. The number of carboxylic acid groups (broad SMARTS) is 1. The number of piperidine rings is 1. The number of carbonyl (C=O) groups excluding carboxylic acids is 1. The molecule has 1 fully saturated rings. The Labute approximate surface area is 159 Å². The molecule has 0 spiro atoms. The van der Waals surface area contributed by atoms with E-state index in [2.05, 4.69) is 0 Å². The van der Waals surface area contributed by atoms with Crippen LogP contribution in [-0.4, -0.2) is 65.1 Å². The van der Waals surface area contributed by atoms with Crippen LogP contribution in [0.3, 0.4) is 0 Å². The van der Waals surface area contributed by atoms with Gasteiger partial charge in [-0.2, -0.15) is 0 Å². The molecular weight excluding hydrogens is 356 g/mol. The van der Waals surface area contributed by atoms with Gasteiger partial charge in [0, 0.05) is 19.1 Å². The van der Waals surface area contributed by atoms with Crippen molar-refractivity contribution in [1.29, 1.82) is 0 Å². The molecule has 2 rings (SSSR count). The molecule has 7 heteroatoms. The predicted molar refractivity (Wildman–Crippen MR) is 101 cm³/mol. The summed E-state index contributed by atoms with van der Waals surface area (Å²) in [5.41, 5.74) is 1.02. The van der Waals surface area contributed by atoms with Gasteiger partial charge < -0.3 is 14.7 Å². The summed E-state index contributed by atoms with van der Waals surface area (Å²) >= 11 is 6.14. The third-order valence-electron chi connectivity index (χ3n) is 4.78. The first kappa shape index (κ1) is 20.5. The van der Waals surface area contributed by atoms with E-state index in [0.717, 1.165) is 18.4 Å². The largest absolute Gasteiger partial charge is 0.480 e. The number of amides is 1. The molecule has 1 aliphatic rings. The Morgan fingerprint density at radius 1 is 1.38 bits per heavy atom. The van der Waals surface area contributed by atoms with Crippen molar-refractivity contribution in [1.82, 2.24) is 9.80 Å². The molecule has 0 saturated carbocycles. The highest BCUT2D eigenvalue weighted by Gasteiger charge is 2.30. The van der Waals surface area contributed by atoms with Crippen LogP contribution >= 0.6 is 11.6 Å². The zero-order valence-electron chi connectivity index (χ0n) is 15.6. The van der Waals surface area contributed by atoms with Gasteiger partial charge in [0.15, 0.2) is 6.10 Å². The number of hydrogen-bond donors (Lipinski definition) is 1. The summed E-state index contributed by atoms with van der Waals surface area (Å²) in [7, 11) is 0. The molecule has 0 bridgehead atoms. The maximum atomic E-state index is 12.7.